The number of benzene rings is 1. The molecule has 0 spiro atoms. The monoisotopic (exact) mass is 262 g/mol. The number of hydrogen-bond acceptors (Lipinski definition) is 6. The summed E-state index contributed by atoms with van der Waals surface area (Å²) in [4.78, 5) is 10.7. The third-order valence-corrected chi connectivity index (χ3v) is 2.81. The highest BCUT2D eigenvalue weighted by Gasteiger charge is 2.13. The van der Waals surface area contributed by atoms with Crippen molar-refractivity contribution in [1.82, 2.24) is 9.97 Å². The van der Waals surface area contributed by atoms with Crippen LogP contribution in [-0.2, 0) is 4.74 Å². The fourth-order valence-electron chi connectivity index (χ4n) is 1.88. The Hall–Kier alpha value is -1.92. The van der Waals surface area contributed by atoms with Crippen LogP contribution in [0, 0.1) is 0 Å². The molecule has 1 heterocycles. The second-order valence-electron chi connectivity index (χ2n) is 4.12. The maximum atomic E-state index is 9.13. The van der Waals surface area contributed by atoms with Gasteiger partial charge in [0.05, 0.1) is 24.2 Å². The Morgan fingerprint density at radius 1 is 1.21 bits per heavy atom. The third kappa shape index (κ3) is 3.10. The van der Waals surface area contributed by atoms with Gasteiger partial charge in [-0.15, -0.1) is 0 Å². The van der Waals surface area contributed by atoms with E-state index in [2.05, 4.69) is 9.97 Å². The molecule has 0 fully saturated rings. The van der Waals surface area contributed by atoms with Crippen molar-refractivity contribution < 1.29 is 9.84 Å². The Kier molecular flexibility index (Phi) is 4.48. The lowest BCUT2D eigenvalue weighted by Crippen LogP contribution is -2.31. The van der Waals surface area contributed by atoms with Crippen molar-refractivity contribution in [1.29, 1.82) is 0 Å². The first-order valence-electron chi connectivity index (χ1n) is 6.13. The number of methoxy groups -OCH3 is 1. The fraction of sp³-hybridized carbons (Fsp3) is 0.385. The molecule has 0 unspecified atom stereocenters. The number of para-hydroxylation sites is 2. The Morgan fingerprint density at radius 3 is 2.53 bits per heavy atom. The molecule has 2 rings (SSSR count). The van der Waals surface area contributed by atoms with Gasteiger partial charge in [0.25, 0.3) is 0 Å². The zero-order valence-electron chi connectivity index (χ0n) is 10.9. The van der Waals surface area contributed by atoms with Gasteiger partial charge in [0.15, 0.2) is 11.6 Å². The van der Waals surface area contributed by atoms with Crippen LogP contribution in [-0.4, -0.2) is 48.5 Å². The molecule has 0 aliphatic heterocycles. The van der Waals surface area contributed by atoms with E-state index in [4.69, 9.17) is 15.6 Å². The summed E-state index contributed by atoms with van der Waals surface area (Å²) in [6.45, 7) is 1.61. The van der Waals surface area contributed by atoms with Crippen LogP contribution in [0.15, 0.2) is 24.3 Å². The summed E-state index contributed by atoms with van der Waals surface area (Å²) in [5.74, 6) is 0.952. The van der Waals surface area contributed by atoms with Crippen molar-refractivity contribution in [3.63, 3.8) is 0 Å². The number of rotatable bonds is 6. The third-order valence-electron chi connectivity index (χ3n) is 2.81. The van der Waals surface area contributed by atoms with Crippen LogP contribution in [0.1, 0.15) is 0 Å². The van der Waals surface area contributed by atoms with Gasteiger partial charge in [0, 0.05) is 20.2 Å². The van der Waals surface area contributed by atoms with Gasteiger partial charge in [-0.05, 0) is 12.1 Å². The molecule has 19 heavy (non-hydrogen) atoms. The summed E-state index contributed by atoms with van der Waals surface area (Å²) in [5, 5.41) is 9.13. The number of aliphatic hydroxyl groups excluding tert-OH is 1. The van der Waals surface area contributed by atoms with E-state index < -0.39 is 0 Å². The summed E-state index contributed by atoms with van der Waals surface area (Å²) in [5.41, 5.74) is 7.50. The number of nitrogens with two attached hydrogens (primary N) is 1. The van der Waals surface area contributed by atoms with Crippen molar-refractivity contribution in [2.45, 2.75) is 0 Å². The summed E-state index contributed by atoms with van der Waals surface area (Å²) in [6, 6.07) is 7.56. The standard InChI is InChI=1S/C13H18N4O2/c1-19-9-7-17(6-8-18)13-12(14)15-10-4-2-3-5-11(10)16-13/h2-5,18H,6-9H2,1H3,(H2,14,15). The molecule has 0 bridgehead atoms. The Bertz CT molecular complexity index is 547. The first kappa shape index (κ1) is 13.5. The van der Waals surface area contributed by atoms with Crippen LogP contribution in [0.3, 0.4) is 0 Å². The molecule has 0 radical (unpaired) electrons. The minimum Gasteiger partial charge on any atom is -0.395 e. The van der Waals surface area contributed by atoms with E-state index in [1.54, 1.807) is 7.11 Å². The van der Waals surface area contributed by atoms with Gasteiger partial charge in [-0.3, -0.25) is 0 Å². The molecule has 0 saturated carbocycles. The SMILES string of the molecule is COCCN(CCO)c1nc2ccccc2nc1N. The molecular weight excluding hydrogens is 244 g/mol. The summed E-state index contributed by atoms with van der Waals surface area (Å²) in [7, 11) is 1.63. The maximum absolute atomic E-state index is 9.13. The number of nitrogens with zero attached hydrogens (tertiary/aromatic N) is 3. The van der Waals surface area contributed by atoms with Gasteiger partial charge < -0.3 is 20.5 Å². The Balaban J connectivity index is 2.37. The lowest BCUT2D eigenvalue weighted by Gasteiger charge is -2.23. The van der Waals surface area contributed by atoms with Gasteiger partial charge in [-0.2, -0.15) is 0 Å². The van der Waals surface area contributed by atoms with E-state index in [1.165, 1.54) is 0 Å². The average Bonchev–Trinajstić information content (AvgIpc) is 2.43. The number of fused-ring (bicyclic) bond motifs is 1. The number of ether oxygens (including phenoxy) is 1. The molecule has 0 saturated heterocycles. The molecule has 102 valence electrons. The largest absolute Gasteiger partial charge is 0.395 e. The highest BCUT2D eigenvalue weighted by Crippen LogP contribution is 2.21. The first-order valence-corrected chi connectivity index (χ1v) is 6.13. The molecule has 0 amide bonds. The van der Waals surface area contributed by atoms with Crippen molar-refractivity contribution in [2.24, 2.45) is 0 Å². The van der Waals surface area contributed by atoms with Crippen LogP contribution in [0.5, 0.6) is 0 Å². The van der Waals surface area contributed by atoms with E-state index in [-0.39, 0.29) is 6.61 Å². The molecule has 0 atom stereocenters. The Morgan fingerprint density at radius 2 is 1.89 bits per heavy atom. The minimum atomic E-state index is 0.0255. The van der Waals surface area contributed by atoms with Crippen LogP contribution in [0.25, 0.3) is 11.0 Å². The minimum absolute atomic E-state index is 0.0255. The topological polar surface area (TPSA) is 84.5 Å². The van der Waals surface area contributed by atoms with Gasteiger partial charge in [-0.25, -0.2) is 9.97 Å². The number of aromatic nitrogens is 2. The normalized spacial score (nSPS) is 10.8. The predicted octanol–water partition coefficient (Wildman–Crippen LogP) is 0.657. The van der Waals surface area contributed by atoms with E-state index in [0.29, 0.717) is 31.3 Å². The van der Waals surface area contributed by atoms with Gasteiger partial charge in [0.1, 0.15) is 0 Å². The molecule has 1 aromatic heterocycles. The van der Waals surface area contributed by atoms with Crippen LogP contribution < -0.4 is 10.6 Å². The Labute approximate surface area is 111 Å². The predicted molar refractivity (Wildman–Crippen MR) is 75.1 cm³/mol. The van der Waals surface area contributed by atoms with E-state index in [1.807, 2.05) is 29.2 Å². The lowest BCUT2D eigenvalue weighted by molar-refractivity contribution is 0.202. The fourth-order valence-corrected chi connectivity index (χ4v) is 1.88. The average molecular weight is 262 g/mol. The summed E-state index contributed by atoms with van der Waals surface area (Å²) in [6.07, 6.45) is 0. The molecule has 6 heteroatoms. The van der Waals surface area contributed by atoms with Crippen molar-refractivity contribution in [2.75, 3.05) is 44.0 Å². The van der Waals surface area contributed by atoms with Crippen LogP contribution in [0.2, 0.25) is 0 Å². The van der Waals surface area contributed by atoms with Crippen LogP contribution >= 0.6 is 0 Å². The van der Waals surface area contributed by atoms with Gasteiger partial charge in [0.2, 0.25) is 0 Å². The molecule has 6 nitrogen and oxygen atoms in total. The molecule has 2 aromatic rings. The quantitative estimate of drug-likeness (QED) is 0.795. The van der Waals surface area contributed by atoms with Gasteiger partial charge >= 0.3 is 0 Å². The molecule has 1 aromatic carbocycles. The number of anilines is 2. The zero-order chi connectivity index (χ0) is 13.7. The van der Waals surface area contributed by atoms with E-state index in [0.717, 1.165) is 11.0 Å². The smallest absolute Gasteiger partial charge is 0.172 e. The molecule has 0 aliphatic rings. The number of aliphatic hydroxyl groups is 1. The molecule has 3 N–H and O–H groups in total. The van der Waals surface area contributed by atoms with Gasteiger partial charge in [-0.1, -0.05) is 12.1 Å². The lowest BCUT2D eigenvalue weighted by atomic mass is 10.3. The highest BCUT2D eigenvalue weighted by molar-refractivity contribution is 5.79. The van der Waals surface area contributed by atoms with Crippen molar-refractivity contribution in [3.8, 4) is 0 Å². The molecule has 0 aliphatic carbocycles. The zero-order valence-corrected chi connectivity index (χ0v) is 10.9. The van der Waals surface area contributed by atoms with Crippen LogP contribution in [0.4, 0.5) is 11.6 Å². The summed E-state index contributed by atoms with van der Waals surface area (Å²) < 4.78 is 5.06. The number of hydrogen-bond donors (Lipinski definition) is 2. The highest BCUT2D eigenvalue weighted by atomic mass is 16.5. The first-order chi connectivity index (χ1) is 9.26. The second-order valence-corrected chi connectivity index (χ2v) is 4.12. The van der Waals surface area contributed by atoms with Crippen molar-refractivity contribution in [3.05, 3.63) is 24.3 Å². The molecular formula is C13H18N4O2. The van der Waals surface area contributed by atoms with Crippen molar-refractivity contribution >= 4 is 22.7 Å². The van der Waals surface area contributed by atoms with E-state index >= 15 is 0 Å². The number of nitrogen functional groups attached to an aromatic ring is 1. The van der Waals surface area contributed by atoms with E-state index in [9.17, 15) is 0 Å². The maximum Gasteiger partial charge on any atom is 0.172 e. The second kappa shape index (κ2) is 6.31. The summed E-state index contributed by atoms with van der Waals surface area (Å²) >= 11 is 0.